The molecular formula is C13H18N4S. The molecule has 0 saturated carbocycles. The zero-order valence-electron chi connectivity index (χ0n) is 10.8. The van der Waals surface area contributed by atoms with Crippen LogP contribution in [0.3, 0.4) is 0 Å². The lowest BCUT2D eigenvalue weighted by molar-refractivity contribution is 0.394. The molecule has 0 aliphatic carbocycles. The Kier molecular flexibility index (Phi) is 3.18. The Morgan fingerprint density at radius 3 is 3.06 bits per heavy atom. The third-order valence-corrected chi connectivity index (χ3v) is 4.35. The van der Waals surface area contributed by atoms with Gasteiger partial charge in [-0.15, -0.1) is 10.2 Å². The molecule has 0 aromatic carbocycles. The number of aryl methyl sites for hydroxylation is 1. The lowest BCUT2D eigenvalue weighted by atomic mass is 10.1. The van der Waals surface area contributed by atoms with Crippen molar-refractivity contribution in [1.82, 2.24) is 20.1 Å². The molecular weight excluding hydrogens is 244 g/mol. The molecule has 2 aromatic rings. The van der Waals surface area contributed by atoms with Crippen molar-refractivity contribution in [2.24, 2.45) is 0 Å². The minimum atomic E-state index is 0.365. The maximum atomic E-state index is 4.41. The Morgan fingerprint density at radius 2 is 2.33 bits per heavy atom. The first-order chi connectivity index (χ1) is 8.81. The van der Waals surface area contributed by atoms with E-state index in [2.05, 4.69) is 44.7 Å². The second kappa shape index (κ2) is 4.82. The van der Waals surface area contributed by atoms with Gasteiger partial charge in [-0.3, -0.25) is 0 Å². The highest BCUT2D eigenvalue weighted by molar-refractivity contribution is 7.08. The average molecular weight is 262 g/mol. The number of hydrogen-bond donors (Lipinski definition) is 1. The van der Waals surface area contributed by atoms with Gasteiger partial charge in [0.05, 0.1) is 6.04 Å². The van der Waals surface area contributed by atoms with E-state index in [1.54, 1.807) is 11.3 Å². The Labute approximate surface area is 111 Å². The number of hydrogen-bond acceptors (Lipinski definition) is 4. The fourth-order valence-electron chi connectivity index (χ4n) is 2.54. The molecule has 0 fully saturated rings. The van der Waals surface area contributed by atoms with Gasteiger partial charge >= 0.3 is 0 Å². The van der Waals surface area contributed by atoms with Crippen molar-refractivity contribution in [1.29, 1.82) is 0 Å². The molecule has 4 nitrogen and oxygen atoms in total. The third kappa shape index (κ3) is 1.87. The van der Waals surface area contributed by atoms with Crippen LogP contribution in [0, 0.1) is 6.92 Å². The van der Waals surface area contributed by atoms with Crippen molar-refractivity contribution >= 4 is 11.3 Å². The van der Waals surface area contributed by atoms with Gasteiger partial charge in [0, 0.05) is 24.0 Å². The summed E-state index contributed by atoms with van der Waals surface area (Å²) in [5.74, 6) is 2.13. The number of nitrogens with zero attached hydrogens (tertiary/aromatic N) is 3. The maximum Gasteiger partial charge on any atom is 0.165 e. The number of aromatic nitrogens is 3. The van der Waals surface area contributed by atoms with E-state index in [-0.39, 0.29) is 0 Å². The van der Waals surface area contributed by atoms with Crippen LogP contribution in [0.5, 0.6) is 0 Å². The number of thiophene rings is 1. The largest absolute Gasteiger partial charge is 0.308 e. The average Bonchev–Trinajstić information content (AvgIpc) is 2.96. The van der Waals surface area contributed by atoms with Crippen LogP contribution in [0.25, 0.3) is 11.4 Å². The lowest BCUT2D eigenvalue weighted by Crippen LogP contribution is -2.33. The lowest BCUT2D eigenvalue weighted by Gasteiger charge is -2.24. The normalized spacial score (nSPS) is 18.9. The van der Waals surface area contributed by atoms with Crippen LogP contribution in [-0.4, -0.2) is 21.3 Å². The quantitative estimate of drug-likeness (QED) is 0.925. The fraction of sp³-hybridized carbons (Fsp3) is 0.538. The van der Waals surface area contributed by atoms with Gasteiger partial charge in [0.1, 0.15) is 0 Å². The van der Waals surface area contributed by atoms with E-state index < -0.39 is 0 Å². The molecule has 96 valence electrons. The van der Waals surface area contributed by atoms with Crippen LogP contribution < -0.4 is 5.32 Å². The third-order valence-electron chi connectivity index (χ3n) is 3.49. The molecule has 1 unspecified atom stereocenters. The second-order valence-electron chi connectivity index (χ2n) is 4.80. The van der Waals surface area contributed by atoms with Crippen molar-refractivity contribution in [3.05, 3.63) is 22.1 Å². The van der Waals surface area contributed by atoms with Crippen molar-refractivity contribution in [2.75, 3.05) is 6.54 Å². The smallest absolute Gasteiger partial charge is 0.165 e. The van der Waals surface area contributed by atoms with Crippen LogP contribution in [0.1, 0.15) is 37.2 Å². The molecule has 18 heavy (non-hydrogen) atoms. The fourth-order valence-corrected chi connectivity index (χ4v) is 3.37. The SMILES string of the molecule is CCCC1NCCn2c(-c3cscc3C)nnc21. The molecule has 0 bridgehead atoms. The van der Waals surface area contributed by atoms with Crippen LogP contribution in [0.15, 0.2) is 10.8 Å². The molecule has 1 aliphatic heterocycles. The van der Waals surface area contributed by atoms with Gasteiger partial charge in [-0.1, -0.05) is 13.3 Å². The molecule has 1 atom stereocenters. The topological polar surface area (TPSA) is 42.7 Å². The van der Waals surface area contributed by atoms with Crippen LogP contribution >= 0.6 is 11.3 Å². The molecule has 5 heteroatoms. The van der Waals surface area contributed by atoms with Crippen molar-refractivity contribution < 1.29 is 0 Å². The summed E-state index contributed by atoms with van der Waals surface area (Å²) in [5, 5.41) is 16.7. The first-order valence-corrected chi connectivity index (χ1v) is 7.45. The molecule has 1 N–H and O–H groups in total. The summed E-state index contributed by atoms with van der Waals surface area (Å²) >= 11 is 1.73. The number of nitrogens with one attached hydrogen (secondary N) is 1. The van der Waals surface area contributed by atoms with Gasteiger partial charge in [-0.25, -0.2) is 0 Å². The summed E-state index contributed by atoms with van der Waals surface area (Å²) in [6, 6.07) is 0.365. The maximum absolute atomic E-state index is 4.41. The molecule has 1 aliphatic rings. The molecule has 0 radical (unpaired) electrons. The summed E-state index contributed by atoms with van der Waals surface area (Å²) in [5.41, 5.74) is 2.52. The van der Waals surface area contributed by atoms with Gasteiger partial charge in [-0.05, 0) is 24.3 Å². The Morgan fingerprint density at radius 1 is 1.44 bits per heavy atom. The monoisotopic (exact) mass is 262 g/mol. The van der Waals surface area contributed by atoms with E-state index >= 15 is 0 Å². The van der Waals surface area contributed by atoms with Crippen LogP contribution in [0.4, 0.5) is 0 Å². The van der Waals surface area contributed by atoms with E-state index in [9.17, 15) is 0 Å². The molecule has 3 heterocycles. The van der Waals surface area contributed by atoms with Crippen LogP contribution in [-0.2, 0) is 6.54 Å². The van der Waals surface area contributed by atoms with Gasteiger partial charge in [-0.2, -0.15) is 11.3 Å². The van der Waals surface area contributed by atoms with E-state index in [4.69, 9.17) is 0 Å². The molecule has 0 amide bonds. The minimum Gasteiger partial charge on any atom is -0.308 e. The van der Waals surface area contributed by atoms with Gasteiger partial charge in [0.25, 0.3) is 0 Å². The summed E-state index contributed by atoms with van der Waals surface area (Å²) < 4.78 is 2.28. The van der Waals surface area contributed by atoms with Crippen molar-refractivity contribution in [2.45, 2.75) is 39.3 Å². The van der Waals surface area contributed by atoms with E-state index in [0.29, 0.717) is 6.04 Å². The highest BCUT2D eigenvalue weighted by atomic mass is 32.1. The van der Waals surface area contributed by atoms with E-state index in [1.165, 1.54) is 11.1 Å². The highest BCUT2D eigenvalue weighted by Crippen LogP contribution is 2.29. The predicted molar refractivity (Wildman–Crippen MR) is 73.7 cm³/mol. The highest BCUT2D eigenvalue weighted by Gasteiger charge is 2.25. The summed E-state index contributed by atoms with van der Waals surface area (Å²) in [6.45, 7) is 6.32. The van der Waals surface area contributed by atoms with E-state index in [0.717, 1.165) is 37.6 Å². The standard InChI is InChI=1S/C13H18N4S/c1-3-4-11-13-16-15-12(17(13)6-5-14-11)10-8-18-7-9(10)2/h7-8,11,14H,3-6H2,1-2H3. The van der Waals surface area contributed by atoms with E-state index in [1.807, 2.05) is 0 Å². The first kappa shape index (κ1) is 11.9. The summed E-state index contributed by atoms with van der Waals surface area (Å²) in [6.07, 6.45) is 2.29. The molecule has 0 spiro atoms. The Balaban J connectivity index is 2.02. The van der Waals surface area contributed by atoms with Gasteiger partial charge < -0.3 is 9.88 Å². The summed E-state index contributed by atoms with van der Waals surface area (Å²) in [4.78, 5) is 0. The molecule has 2 aromatic heterocycles. The Bertz CT molecular complexity index is 543. The summed E-state index contributed by atoms with van der Waals surface area (Å²) in [7, 11) is 0. The zero-order valence-corrected chi connectivity index (χ0v) is 11.6. The second-order valence-corrected chi connectivity index (χ2v) is 5.54. The van der Waals surface area contributed by atoms with Crippen molar-refractivity contribution in [3.63, 3.8) is 0 Å². The Hall–Kier alpha value is -1.20. The molecule has 3 rings (SSSR count). The number of rotatable bonds is 3. The predicted octanol–water partition coefficient (Wildman–Crippen LogP) is 2.76. The molecule has 0 saturated heterocycles. The van der Waals surface area contributed by atoms with Crippen molar-refractivity contribution in [3.8, 4) is 11.4 Å². The van der Waals surface area contributed by atoms with Gasteiger partial charge in [0.2, 0.25) is 0 Å². The number of fused-ring (bicyclic) bond motifs is 1. The minimum absolute atomic E-state index is 0.365. The first-order valence-electron chi connectivity index (χ1n) is 6.51. The van der Waals surface area contributed by atoms with Gasteiger partial charge in [0.15, 0.2) is 11.6 Å². The van der Waals surface area contributed by atoms with Crippen LogP contribution in [0.2, 0.25) is 0 Å². The zero-order chi connectivity index (χ0) is 12.5.